The van der Waals surface area contributed by atoms with Crippen LogP contribution in [-0.4, -0.2) is 17.5 Å². The highest BCUT2D eigenvalue weighted by Crippen LogP contribution is 2.41. The fourth-order valence-corrected chi connectivity index (χ4v) is 2.18. The van der Waals surface area contributed by atoms with Gasteiger partial charge in [0.05, 0.1) is 0 Å². The molecule has 2 aromatic rings. The Morgan fingerprint density at radius 2 is 2.16 bits per heavy atom. The molecule has 0 spiro atoms. The van der Waals surface area contributed by atoms with Gasteiger partial charge in [-0.15, -0.1) is 0 Å². The van der Waals surface area contributed by atoms with Gasteiger partial charge < -0.3 is 19.0 Å². The predicted molar refractivity (Wildman–Crippen MR) is 69.0 cm³/mol. The van der Waals surface area contributed by atoms with Crippen molar-refractivity contribution in [2.24, 2.45) is 0 Å². The Morgan fingerprint density at radius 1 is 1.42 bits per heavy atom. The Kier molecular flexibility index (Phi) is 2.52. The van der Waals surface area contributed by atoms with Crippen molar-refractivity contribution in [3.05, 3.63) is 33.1 Å². The van der Waals surface area contributed by atoms with E-state index in [1.807, 2.05) is 0 Å². The first-order chi connectivity index (χ1) is 8.89. The molecule has 100 valence electrons. The van der Waals surface area contributed by atoms with Crippen LogP contribution in [0.2, 0.25) is 5.02 Å². The molecule has 0 amide bonds. The van der Waals surface area contributed by atoms with Gasteiger partial charge >= 0.3 is 5.63 Å². The van der Waals surface area contributed by atoms with Gasteiger partial charge in [0.15, 0.2) is 17.9 Å². The van der Waals surface area contributed by atoms with Gasteiger partial charge in [0.1, 0.15) is 5.02 Å². The molecule has 2 heterocycles. The molecule has 1 N–H and O–H groups in total. The van der Waals surface area contributed by atoms with Crippen molar-refractivity contribution in [3.8, 4) is 11.5 Å². The van der Waals surface area contributed by atoms with E-state index in [4.69, 9.17) is 25.5 Å². The Morgan fingerprint density at radius 3 is 2.89 bits per heavy atom. The molecular formula is C13H11ClO5. The van der Waals surface area contributed by atoms with Gasteiger partial charge in [-0.2, -0.15) is 0 Å². The first-order valence-corrected chi connectivity index (χ1v) is 6.07. The van der Waals surface area contributed by atoms with Crippen molar-refractivity contribution < 1.29 is 19.0 Å². The van der Waals surface area contributed by atoms with Crippen LogP contribution in [0.1, 0.15) is 12.5 Å². The number of hydrogen-bond donors (Lipinski definition) is 1. The summed E-state index contributed by atoms with van der Waals surface area (Å²) in [4.78, 5) is 11.6. The first kappa shape index (κ1) is 12.3. The SMILES string of the molecule is Cc1c(Cl)c(=O)oc2c3c(ccc12)OC(C)(O)CO3. The lowest BCUT2D eigenvalue weighted by atomic mass is 10.1. The fraction of sp³-hybridized carbons (Fsp3) is 0.308. The van der Waals surface area contributed by atoms with Gasteiger partial charge in [-0.25, -0.2) is 4.79 Å². The van der Waals surface area contributed by atoms with Crippen LogP contribution in [0.4, 0.5) is 0 Å². The number of rotatable bonds is 0. The van der Waals surface area contributed by atoms with E-state index in [0.29, 0.717) is 22.4 Å². The smallest absolute Gasteiger partial charge is 0.355 e. The maximum absolute atomic E-state index is 11.6. The number of benzene rings is 1. The number of ether oxygens (including phenoxy) is 2. The van der Waals surface area contributed by atoms with Crippen molar-refractivity contribution in [1.82, 2.24) is 0 Å². The maximum Gasteiger partial charge on any atom is 0.355 e. The number of halogens is 1. The summed E-state index contributed by atoms with van der Waals surface area (Å²) in [6.07, 6.45) is 0. The van der Waals surface area contributed by atoms with E-state index in [9.17, 15) is 9.90 Å². The molecule has 1 aromatic heterocycles. The average molecular weight is 283 g/mol. The van der Waals surface area contributed by atoms with Gasteiger partial charge in [0.25, 0.3) is 0 Å². The molecule has 1 aliphatic rings. The molecule has 1 aliphatic heterocycles. The van der Waals surface area contributed by atoms with Gasteiger partial charge in [-0.05, 0) is 24.6 Å². The summed E-state index contributed by atoms with van der Waals surface area (Å²) in [5, 5.41) is 10.5. The zero-order valence-electron chi connectivity index (χ0n) is 10.3. The summed E-state index contributed by atoms with van der Waals surface area (Å²) in [6, 6.07) is 3.36. The van der Waals surface area contributed by atoms with E-state index in [1.54, 1.807) is 19.1 Å². The molecule has 19 heavy (non-hydrogen) atoms. The van der Waals surface area contributed by atoms with Crippen molar-refractivity contribution in [2.75, 3.05) is 6.61 Å². The van der Waals surface area contributed by atoms with E-state index in [0.717, 1.165) is 0 Å². The molecule has 0 aliphatic carbocycles. The second-order valence-corrected chi connectivity index (χ2v) is 5.04. The highest BCUT2D eigenvalue weighted by molar-refractivity contribution is 6.31. The van der Waals surface area contributed by atoms with E-state index in [1.165, 1.54) is 6.92 Å². The third-order valence-electron chi connectivity index (χ3n) is 3.00. The summed E-state index contributed by atoms with van der Waals surface area (Å²) in [5.41, 5.74) is 0.276. The highest BCUT2D eigenvalue weighted by atomic mass is 35.5. The van der Waals surface area contributed by atoms with Crippen LogP contribution < -0.4 is 15.1 Å². The van der Waals surface area contributed by atoms with Crippen LogP contribution in [-0.2, 0) is 0 Å². The molecule has 1 atom stereocenters. The van der Waals surface area contributed by atoms with E-state index < -0.39 is 11.4 Å². The molecule has 0 saturated heterocycles. The Balaban J connectivity index is 2.33. The van der Waals surface area contributed by atoms with Gasteiger partial charge in [0.2, 0.25) is 11.5 Å². The molecular weight excluding hydrogens is 272 g/mol. The summed E-state index contributed by atoms with van der Waals surface area (Å²) < 4.78 is 16.0. The standard InChI is InChI=1S/C13H11ClO5/c1-6-7-3-4-8-11(17-5-13(2,16)19-8)10(7)18-12(15)9(6)14/h3-4,16H,5H2,1-2H3. The van der Waals surface area contributed by atoms with Crippen molar-refractivity contribution in [3.63, 3.8) is 0 Å². The quantitative estimate of drug-likeness (QED) is 0.751. The third-order valence-corrected chi connectivity index (χ3v) is 3.44. The third kappa shape index (κ3) is 1.86. The van der Waals surface area contributed by atoms with E-state index in [2.05, 4.69) is 0 Å². The Hall–Kier alpha value is -1.72. The van der Waals surface area contributed by atoms with Crippen LogP contribution in [0.5, 0.6) is 11.5 Å². The average Bonchev–Trinajstić information content (AvgIpc) is 2.34. The topological polar surface area (TPSA) is 68.9 Å². The first-order valence-electron chi connectivity index (χ1n) is 5.69. The Labute approximate surface area is 113 Å². The normalized spacial score (nSPS) is 21.7. The van der Waals surface area contributed by atoms with Gasteiger partial charge in [0, 0.05) is 12.3 Å². The predicted octanol–water partition coefficient (Wildman–Crippen LogP) is 2.23. The van der Waals surface area contributed by atoms with Gasteiger partial charge in [-0.1, -0.05) is 11.6 Å². The minimum atomic E-state index is -1.40. The molecule has 0 radical (unpaired) electrons. The number of aryl methyl sites for hydroxylation is 1. The lowest BCUT2D eigenvalue weighted by Crippen LogP contribution is -2.41. The second kappa shape index (κ2) is 3.88. The molecule has 0 fully saturated rings. The number of hydrogen-bond acceptors (Lipinski definition) is 5. The summed E-state index contributed by atoms with van der Waals surface area (Å²) in [6.45, 7) is 3.17. The molecule has 1 aromatic carbocycles. The van der Waals surface area contributed by atoms with Crippen molar-refractivity contribution in [1.29, 1.82) is 0 Å². The second-order valence-electron chi connectivity index (χ2n) is 4.66. The monoisotopic (exact) mass is 282 g/mol. The van der Waals surface area contributed by atoms with Crippen LogP contribution in [0.3, 0.4) is 0 Å². The minimum absolute atomic E-state index is 0.0511. The molecule has 0 bridgehead atoms. The lowest BCUT2D eigenvalue weighted by molar-refractivity contribution is -0.159. The van der Waals surface area contributed by atoms with Crippen molar-refractivity contribution in [2.45, 2.75) is 19.6 Å². The molecule has 1 unspecified atom stereocenters. The minimum Gasteiger partial charge on any atom is -0.479 e. The largest absolute Gasteiger partial charge is 0.479 e. The highest BCUT2D eigenvalue weighted by Gasteiger charge is 2.32. The zero-order chi connectivity index (χ0) is 13.8. The van der Waals surface area contributed by atoms with Crippen LogP contribution in [0.25, 0.3) is 11.0 Å². The molecule has 0 saturated carbocycles. The summed E-state index contributed by atoms with van der Waals surface area (Å²) in [5.74, 6) is -0.767. The van der Waals surface area contributed by atoms with E-state index in [-0.39, 0.29) is 17.2 Å². The summed E-state index contributed by atoms with van der Waals surface area (Å²) >= 11 is 5.87. The lowest BCUT2D eigenvalue weighted by Gasteiger charge is -2.31. The molecule has 6 heteroatoms. The molecule has 5 nitrogen and oxygen atoms in total. The fourth-order valence-electron chi connectivity index (χ4n) is 2.04. The van der Waals surface area contributed by atoms with Crippen LogP contribution in [0.15, 0.2) is 21.3 Å². The van der Waals surface area contributed by atoms with E-state index >= 15 is 0 Å². The summed E-state index contributed by atoms with van der Waals surface area (Å²) in [7, 11) is 0. The number of fused-ring (bicyclic) bond motifs is 3. The molecule has 3 rings (SSSR count). The van der Waals surface area contributed by atoms with Crippen LogP contribution in [0, 0.1) is 6.92 Å². The maximum atomic E-state index is 11.6. The van der Waals surface area contributed by atoms with Crippen LogP contribution >= 0.6 is 11.6 Å². The Bertz CT molecular complexity index is 732. The van der Waals surface area contributed by atoms with Crippen molar-refractivity contribution >= 4 is 22.6 Å². The zero-order valence-corrected chi connectivity index (χ0v) is 11.1. The number of aliphatic hydroxyl groups is 1. The van der Waals surface area contributed by atoms with Gasteiger partial charge in [-0.3, -0.25) is 0 Å².